The van der Waals surface area contributed by atoms with Crippen LogP contribution >= 0.6 is 0 Å². The Morgan fingerprint density at radius 2 is 2.07 bits per heavy atom. The van der Waals surface area contributed by atoms with E-state index in [4.69, 9.17) is 4.74 Å². The number of aryl methyl sites for hydroxylation is 2. The molecule has 4 aliphatic heterocycles. The smallest absolute Gasteiger partial charge is 0.230 e. The Balaban J connectivity index is 1.38. The van der Waals surface area contributed by atoms with Crippen LogP contribution in [-0.2, 0) is 20.9 Å². The molecular weight excluding hydrogens is 364 g/mol. The zero-order valence-electron chi connectivity index (χ0n) is 17.4. The highest BCUT2D eigenvalue weighted by atomic mass is 16.5. The Labute approximate surface area is 172 Å². The maximum Gasteiger partial charge on any atom is 0.230 e. The third-order valence-electron chi connectivity index (χ3n) is 7.16. The number of hydrogen-bond acceptors (Lipinski definition) is 3. The zero-order chi connectivity index (χ0) is 20.3. The minimum absolute atomic E-state index is 0.0529. The summed E-state index contributed by atoms with van der Waals surface area (Å²) in [5.74, 6) is -0.680. The minimum Gasteiger partial charge on any atom is -0.360 e. The lowest BCUT2D eigenvalue weighted by Crippen LogP contribution is -2.47. The first kappa shape index (κ1) is 18.6. The summed E-state index contributed by atoms with van der Waals surface area (Å²) in [4.78, 5) is 30.5. The third-order valence-corrected chi connectivity index (χ3v) is 7.16. The van der Waals surface area contributed by atoms with E-state index in [1.807, 2.05) is 22.0 Å². The van der Waals surface area contributed by atoms with E-state index in [1.54, 1.807) is 0 Å². The molecule has 0 radical (unpaired) electrons. The van der Waals surface area contributed by atoms with Gasteiger partial charge < -0.3 is 14.5 Å². The van der Waals surface area contributed by atoms with E-state index >= 15 is 0 Å². The number of hydrogen-bond donors (Lipinski definition) is 0. The second-order valence-corrected chi connectivity index (χ2v) is 9.10. The van der Waals surface area contributed by atoms with Crippen LogP contribution in [0.4, 0.5) is 0 Å². The summed E-state index contributed by atoms with van der Waals surface area (Å²) >= 11 is 0. The fourth-order valence-corrected chi connectivity index (χ4v) is 5.30. The molecule has 5 rings (SSSR count). The van der Waals surface area contributed by atoms with Gasteiger partial charge in [0.25, 0.3) is 0 Å². The van der Waals surface area contributed by atoms with Crippen molar-refractivity contribution < 1.29 is 14.3 Å². The lowest BCUT2D eigenvalue weighted by Gasteiger charge is -2.31. The molecule has 4 heterocycles. The van der Waals surface area contributed by atoms with Crippen molar-refractivity contribution in [2.24, 2.45) is 11.8 Å². The Kier molecular flexibility index (Phi) is 4.21. The predicted molar refractivity (Wildman–Crippen MR) is 110 cm³/mol. The number of fused-ring (bicyclic) bond motifs is 1. The Morgan fingerprint density at radius 1 is 1.24 bits per heavy atom. The number of nitrogens with zero attached hydrogens (tertiary/aromatic N) is 2. The number of benzene rings is 1. The van der Waals surface area contributed by atoms with Gasteiger partial charge in [0.05, 0.1) is 24.5 Å². The van der Waals surface area contributed by atoms with Crippen molar-refractivity contribution in [1.82, 2.24) is 9.80 Å². The van der Waals surface area contributed by atoms with E-state index in [0.29, 0.717) is 19.6 Å². The van der Waals surface area contributed by atoms with E-state index in [9.17, 15) is 9.59 Å². The zero-order valence-corrected chi connectivity index (χ0v) is 17.4. The maximum atomic E-state index is 13.4. The van der Waals surface area contributed by atoms with Crippen LogP contribution in [0.5, 0.6) is 0 Å². The van der Waals surface area contributed by atoms with Crippen LogP contribution in [0.15, 0.2) is 42.0 Å². The summed E-state index contributed by atoms with van der Waals surface area (Å²) < 4.78 is 6.27. The van der Waals surface area contributed by atoms with Crippen LogP contribution in [0.2, 0.25) is 0 Å². The van der Waals surface area contributed by atoms with Crippen molar-refractivity contribution >= 4 is 11.8 Å². The minimum atomic E-state index is -0.636. The first-order valence-corrected chi connectivity index (χ1v) is 10.5. The molecule has 5 heteroatoms. The van der Waals surface area contributed by atoms with Crippen LogP contribution in [0, 0.1) is 25.7 Å². The quantitative estimate of drug-likeness (QED) is 0.744. The third kappa shape index (κ3) is 2.86. The van der Waals surface area contributed by atoms with Gasteiger partial charge in [-0.05, 0) is 43.9 Å². The van der Waals surface area contributed by atoms with Crippen molar-refractivity contribution in [3.05, 3.63) is 58.7 Å². The van der Waals surface area contributed by atoms with Crippen LogP contribution in [0.1, 0.15) is 30.0 Å². The topological polar surface area (TPSA) is 49.9 Å². The fourth-order valence-electron chi connectivity index (χ4n) is 5.30. The molecule has 1 aromatic rings. The van der Waals surface area contributed by atoms with Gasteiger partial charge in [0.2, 0.25) is 11.8 Å². The Bertz CT molecular complexity index is 949. The first-order valence-electron chi connectivity index (χ1n) is 10.5. The summed E-state index contributed by atoms with van der Waals surface area (Å²) in [6, 6.07) is 6.33. The highest BCUT2D eigenvalue weighted by Crippen LogP contribution is 2.52. The normalized spacial score (nSPS) is 32.7. The molecule has 29 heavy (non-hydrogen) atoms. The summed E-state index contributed by atoms with van der Waals surface area (Å²) in [6.45, 7) is 8.74. The maximum absolute atomic E-state index is 13.4. The van der Waals surface area contributed by atoms with Gasteiger partial charge in [-0.3, -0.25) is 9.59 Å². The molecule has 4 unspecified atom stereocenters. The molecular formula is C24H28N2O3. The number of carbonyl (C=O) groups is 2. The first-order chi connectivity index (χ1) is 13.9. The van der Waals surface area contributed by atoms with Gasteiger partial charge in [-0.25, -0.2) is 0 Å². The number of carbonyl (C=O) groups excluding carboxylic acids is 2. The van der Waals surface area contributed by atoms with Gasteiger partial charge in [-0.2, -0.15) is 0 Å². The SMILES string of the molecule is CC1=CCN(C(=O)C2C3C=CC4(CN(Cc5ccc(C)c(C)c5)C(=O)C24)O3)CC1. The van der Waals surface area contributed by atoms with E-state index in [2.05, 4.69) is 45.0 Å². The number of likely N-dealkylation sites (tertiary alicyclic amines) is 1. The average Bonchev–Trinajstić information content (AvgIpc) is 3.33. The van der Waals surface area contributed by atoms with Crippen molar-refractivity contribution in [3.8, 4) is 0 Å². The van der Waals surface area contributed by atoms with E-state index in [-0.39, 0.29) is 17.9 Å². The standard InChI is InChI=1S/C24H28N2O3/c1-15-7-10-25(11-8-15)22(27)20-19-6-9-24(29-19)14-26(23(28)21(20)24)13-18-5-4-16(2)17(3)12-18/h4-7,9,12,19-21H,8,10-11,13-14H2,1-3H3. The second-order valence-electron chi connectivity index (χ2n) is 9.10. The molecule has 4 aliphatic rings. The molecule has 2 amide bonds. The monoisotopic (exact) mass is 392 g/mol. The van der Waals surface area contributed by atoms with Crippen LogP contribution < -0.4 is 0 Å². The molecule has 1 spiro atoms. The van der Waals surface area contributed by atoms with Crippen LogP contribution in [0.3, 0.4) is 0 Å². The average molecular weight is 392 g/mol. The van der Waals surface area contributed by atoms with Crippen molar-refractivity contribution in [1.29, 1.82) is 0 Å². The van der Waals surface area contributed by atoms with Crippen molar-refractivity contribution in [2.75, 3.05) is 19.6 Å². The van der Waals surface area contributed by atoms with Crippen molar-refractivity contribution in [2.45, 2.75) is 45.4 Å². The van der Waals surface area contributed by atoms with Gasteiger partial charge in [0, 0.05) is 19.6 Å². The number of ether oxygens (including phenoxy) is 1. The van der Waals surface area contributed by atoms with Gasteiger partial charge >= 0.3 is 0 Å². The van der Waals surface area contributed by atoms with Crippen LogP contribution in [-0.4, -0.2) is 53.0 Å². The summed E-state index contributed by atoms with van der Waals surface area (Å²) in [5, 5.41) is 0. The molecule has 2 fully saturated rings. The molecule has 1 aromatic carbocycles. The molecule has 5 nitrogen and oxygen atoms in total. The Morgan fingerprint density at radius 3 is 2.79 bits per heavy atom. The molecule has 0 N–H and O–H groups in total. The van der Waals surface area contributed by atoms with Gasteiger partial charge in [-0.15, -0.1) is 0 Å². The molecule has 2 saturated heterocycles. The lowest BCUT2D eigenvalue weighted by atomic mass is 9.76. The number of rotatable bonds is 3. The largest absolute Gasteiger partial charge is 0.360 e. The molecule has 152 valence electrons. The highest BCUT2D eigenvalue weighted by molar-refractivity contribution is 5.93. The van der Waals surface area contributed by atoms with Crippen LogP contribution in [0.25, 0.3) is 0 Å². The van der Waals surface area contributed by atoms with Gasteiger partial charge in [-0.1, -0.05) is 42.0 Å². The van der Waals surface area contributed by atoms with E-state index < -0.39 is 17.4 Å². The lowest BCUT2D eigenvalue weighted by molar-refractivity contribution is -0.143. The fraction of sp³-hybridized carbons (Fsp3) is 0.500. The Hall–Kier alpha value is -2.40. The molecule has 0 saturated carbocycles. The van der Waals surface area contributed by atoms with E-state index in [1.165, 1.54) is 16.7 Å². The van der Waals surface area contributed by atoms with Gasteiger partial charge in [0.15, 0.2) is 0 Å². The molecule has 0 aromatic heterocycles. The second kappa shape index (κ2) is 6.56. The molecule has 2 bridgehead atoms. The molecule has 0 aliphatic carbocycles. The predicted octanol–water partition coefficient (Wildman–Crippen LogP) is 2.76. The highest BCUT2D eigenvalue weighted by Gasteiger charge is 2.67. The molecule has 4 atom stereocenters. The number of amides is 2. The summed E-state index contributed by atoms with van der Waals surface area (Å²) in [5.41, 5.74) is 4.29. The van der Waals surface area contributed by atoms with Crippen molar-refractivity contribution in [3.63, 3.8) is 0 Å². The summed E-state index contributed by atoms with van der Waals surface area (Å²) in [7, 11) is 0. The van der Waals surface area contributed by atoms with Gasteiger partial charge in [0.1, 0.15) is 5.60 Å². The van der Waals surface area contributed by atoms with E-state index in [0.717, 1.165) is 18.5 Å². The summed E-state index contributed by atoms with van der Waals surface area (Å²) in [6.07, 6.45) is 6.78.